The summed E-state index contributed by atoms with van der Waals surface area (Å²) >= 11 is 0. The largest absolute Gasteiger partial charge is 0.439 e. The van der Waals surface area contributed by atoms with Gasteiger partial charge in [0.2, 0.25) is 11.8 Å². The molecule has 30 heavy (non-hydrogen) atoms. The summed E-state index contributed by atoms with van der Waals surface area (Å²) in [6, 6.07) is 17.0. The first-order valence-electron chi connectivity index (χ1n) is 10.0. The molecule has 1 aliphatic rings. The molecular weight excluding hydrogens is 378 g/mol. The Bertz CT molecular complexity index is 1060. The standard InChI is InChI=1S/C24H23N3O3/c1-16-11-21(10-9-19(16)13-20(28)12-17-5-3-2-4-6-17)30-23-14-22(25-15-26-23)27-24(29)18-7-8-18/h2-6,9-11,14-15,18H,7-8,12-13H2,1H3,(H,25,26,27,29). The van der Waals surface area contributed by atoms with Crippen LogP contribution in [-0.2, 0) is 22.4 Å². The van der Waals surface area contributed by atoms with Crippen LogP contribution in [0.4, 0.5) is 5.82 Å². The number of hydrogen-bond donors (Lipinski definition) is 1. The highest BCUT2D eigenvalue weighted by molar-refractivity contribution is 5.93. The van der Waals surface area contributed by atoms with E-state index in [4.69, 9.17) is 4.74 Å². The number of benzene rings is 2. The number of ketones is 1. The van der Waals surface area contributed by atoms with Crippen molar-refractivity contribution in [1.29, 1.82) is 0 Å². The molecule has 3 aromatic rings. The first kappa shape index (κ1) is 19.8. The summed E-state index contributed by atoms with van der Waals surface area (Å²) in [5.41, 5.74) is 2.97. The van der Waals surface area contributed by atoms with Crippen molar-refractivity contribution >= 4 is 17.5 Å². The maximum absolute atomic E-state index is 12.4. The van der Waals surface area contributed by atoms with E-state index in [9.17, 15) is 9.59 Å². The number of aromatic nitrogens is 2. The zero-order chi connectivity index (χ0) is 20.9. The highest BCUT2D eigenvalue weighted by atomic mass is 16.5. The summed E-state index contributed by atoms with van der Waals surface area (Å²) in [5.74, 6) is 1.65. The van der Waals surface area contributed by atoms with Crippen molar-refractivity contribution in [2.24, 2.45) is 5.92 Å². The average Bonchev–Trinajstić information content (AvgIpc) is 3.57. The first-order chi connectivity index (χ1) is 14.6. The van der Waals surface area contributed by atoms with Gasteiger partial charge in [0, 0.05) is 24.8 Å². The lowest BCUT2D eigenvalue weighted by atomic mass is 9.99. The van der Waals surface area contributed by atoms with Gasteiger partial charge in [0.25, 0.3) is 0 Å². The fraction of sp³-hybridized carbons (Fsp3) is 0.250. The monoisotopic (exact) mass is 401 g/mol. The Labute approximate surface area is 175 Å². The van der Waals surface area contributed by atoms with Crippen molar-refractivity contribution in [3.05, 3.63) is 77.6 Å². The predicted molar refractivity (Wildman–Crippen MR) is 113 cm³/mol. The third-order valence-electron chi connectivity index (χ3n) is 5.01. The topological polar surface area (TPSA) is 81.2 Å². The normalized spacial score (nSPS) is 13.0. The predicted octanol–water partition coefficient (Wildman–Crippen LogP) is 4.28. The summed E-state index contributed by atoms with van der Waals surface area (Å²) < 4.78 is 5.83. The molecule has 0 bridgehead atoms. The van der Waals surface area contributed by atoms with Gasteiger partial charge < -0.3 is 10.1 Å². The van der Waals surface area contributed by atoms with Gasteiger partial charge in [-0.2, -0.15) is 0 Å². The van der Waals surface area contributed by atoms with Gasteiger partial charge in [-0.05, 0) is 48.6 Å². The third-order valence-corrected chi connectivity index (χ3v) is 5.01. The number of rotatable bonds is 8. The van der Waals surface area contributed by atoms with Crippen LogP contribution in [0.3, 0.4) is 0 Å². The van der Waals surface area contributed by atoms with Crippen molar-refractivity contribution in [3.63, 3.8) is 0 Å². The van der Waals surface area contributed by atoms with Crippen LogP contribution in [0.15, 0.2) is 60.9 Å². The highest BCUT2D eigenvalue weighted by Crippen LogP contribution is 2.30. The molecule has 6 heteroatoms. The van der Waals surface area contributed by atoms with Gasteiger partial charge in [0.05, 0.1) is 0 Å². The van der Waals surface area contributed by atoms with Crippen molar-refractivity contribution in [2.45, 2.75) is 32.6 Å². The lowest BCUT2D eigenvalue weighted by molar-refractivity contribution is -0.118. The van der Waals surface area contributed by atoms with Crippen LogP contribution in [0, 0.1) is 12.8 Å². The van der Waals surface area contributed by atoms with Crippen LogP contribution in [0.25, 0.3) is 0 Å². The molecule has 2 aromatic carbocycles. The SMILES string of the molecule is Cc1cc(Oc2cc(NC(=O)C3CC3)ncn2)ccc1CC(=O)Cc1ccccc1. The molecule has 4 rings (SSSR count). The molecule has 1 aliphatic carbocycles. The van der Waals surface area contributed by atoms with E-state index in [2.05, 4.69) is 15.3 Å². The highest BCUT2D eigenvalue weighted by Gasteiger charge is 2.29. The zero-order valence-electron chi connectivity index (χ0n) is 16.8. The van der Waals surface area contributed by atoms with Crippen molar-refractivity contribution in [1.82, 2.24) is 9.97 Å². The zero-order valence-corrected chi connectivity index (χ0v) is 16.8. The fourth-order valence-corrected chi connectivity index (χ4v) is 3.19. The van der Waals surface area contributed by atoms with Gasteiger partial charge in [0.1, 0.15) is 23.7 Å². The number of hydrogen-bond acceptors (Lipinski definition) is 5. The molecule has 0 aliphatic heterocycles. The molecule has 6 nitrogen and oxygen atoms in total. The Morgan fingerprint density at radius 2 is 1.83 bits per heavy atom. The number of Topliss-reactive ketones (excluding diaryl/α,β-unsaturated/α-hetero) is 1. The molecule has 1 aromatic heterocycles. The van der Waals surface area contributed by atoms with E-state index in [1.165, 1.54) is 6.33 Å². The Balaban J connectivity index is 1.38. The number of nitrogens with zero attached hydrogens (tertiary/aromatic N) is 2. The van der Waals surface area contributed by atoms with E-state index in [1.54, 1.807) is 6.07 Å². The van der Waals surface area contributed by atoms with E-state index in [1.807, 2.05) is 55.5 Å². The van der Waals surface area contributed by atoms with Crippen molar-refractivity contribution in [2.75, 3.05) is 5.32 Å². The van der Waals surface area contributed by atoms with Crippen LogP contribution in [0.5, 0.6) is 11.6 Å². The second-order valence-electron chi connectivity index (χ2n) is 7.57. The summed E-state index contributed by atoms with van der Waals surface area (Å²) in [6.07, 6.45) is 4.03. The number of carbonyl (C=O) groups excluding carboxylic acids is 2. The Morgan fingerprint density at radius 1 is 1.03 bits per heavy atom. The number of ether oxygens (including phenoxy) is 1. The molecule has 0 atom stereocenters. The number of anilines is 1. The average molecular weight is 401 g/mol. The van der Waals surface area contributed by atoms with Crippen LogP contribution in [0.1, 0.15) is 29.5 Å². The van der Waals surface area contributed by atoms with Gasteiger partial charge in [0.15, 0.2) is 0 Å². The van der Waals surface area contributed by atoms with E-state index in [0.717, 1.165) is 29.5 Å². The maximum atomic E-state index is 12.4. The molecule has 1 N–H and O–H groups in total. The Kier molecular flexibility index (Phi) is 5.84. The van der Waals surface area contributed by atoms with Gasteiger partial charge in [-0.15, -0.1) is 0 Å². The minimum absolute atomic E-state index is 0.0139. The molecule has 0 saturated heterocycles. The van der Waals surface area contributed by atoms with Gasteiger partial charge in [-0.25, -0.2) is 9.97 Å². The van der Waals surface area contributed by atoms with Crippen LogP contribution in [-0.4, -0.2) is 21.7 Å². The van der Waals surface area contributed by atoms with Crippen LogP contribution in [0.2, 0.25) is 0 Å². The van der Waals surface area contributed by atoms with E-state index >= 15 is 0 Å². The molecule has 1 fully saturated rings. The van der Waals surface area contributed by atoms with Gasteiger partial charge in [-0.3, -0.25) is 9.59 Å². The number of aryl methyl sites for hydroxylation is 1. The molecule has 0 unspecified atom stereocenters. The van der Waals surface area contributed by atoms with Crippen LogP contribution < -0.4 is 10.1 Å². The van der Waals surface area contributed by atoms with E-state index in [0.29, 0.717) is 30.3 Å². The van der Waals surface area contributed by atoms with E-state index in [-0.39, 0.29) is 17.6 Å². The lowest BCUT2D eigenvalue weighted by Crippen LogP contribution is -2.14. The van der Waals surface area contributed by atoms with Crippen LogP contribution >= 0.6 is 0 Å². The lowest BCUT2D eigenvalue weighted by Gasteiger charge is -2.10. The minimum atomic E-state index is -0.0139. The van der Waals surface area contributed by atoms with Gasteiger partial charge >= 0.3 is 0 Å². The van der Waals surface area contributed by atoms with E-state index < -0.39 is 0 Å². The molecule has 0 radical (unpaired) electrons. The minimum Gasteiger partial charge on any atom is -0.439 e. The molecule has 1 heterocycles. The quantitative estimate of drug-likeness (QED) is 0.609. The molecule has 0 spiro atoms. The summed E-state index contributed by atoms with van der Waals surface area (Å²) in [7, 11) is 0. The Hall–Kier alpha value is -3.54. The summed E-state index contributed by atoms with van der Waals surface area (Å²) in [5, 5.41) is 2.78. The number of nitrogens with one attached hydrogen (secondary N) is 1. The second kappa shape index (κ2) is 8.86. The molecule has 1 saturated carbocycles. The maximum Gasteiger partial charge on any atom is 0.228 e. The van der Waals surface area contributed by atoms with Crippen molar-refractivity contribution in [3.8, 4) is 11.6 Å². The summed E-state index contributed by atoms with van der Waals surface area (Å²) in [4.78, 5) is 32.5. The fourth-order valence-electron chi connectivity index (χ4n) is 3.19. The smallest absolute Gasteiger partial charge is 0.228 e. The first-order valence-corrected chi connectivity index (χ1v) is 10.0. The Morgan fingerprint density at radius 3 is 2.57 bits per heavy atom. The number of carbonyl (C=O) groups is 2. The molecular formula is C24H23N3O3. The second-order valence-corrected chi connectivity index (χ2v) is 7.57. The third kappa shape index (κ3) is 5.29. The number of amides is 1. The summed E-state index contributed by atoms with van der Waals surface area (Å²) in [6.45, 7) is 1.96. The molecule has 1 amide bonds. The van der Waals surface area contributed by atoms with Crippen molar-refractivity contribution < 1.29 is 14.3 Å². The molecule has 152 valence electrons. The van der Waals surface area contributed by atoms with Gasteiger partial charge in [-0.1, -0.05) is 36.4 Å².